The molecule has 0 aromatic rings. The van der Waals surface area contributed by atoms with Crippen molar-refractivity contribution in [3.63, 3.8) is 0 Å². The molecule has 0 spiro atoms. The summed E-state index contributed by atoms with van der Waals surface area (Å²) >= 11 is 0. The number of β-amino-alcohol motifs (C(OH)–C–C–N with tert-alkyl or cyclic N) is 1. The summed E-state index contributed by atoms with van der Waals surface area (Å²) in [4.78, 5) is 14.8. The molecule has 88 valence electrons. The average Bonchev–Trinajstić information content (AvgIpc) is 2.17. The number of aliphatic hydroxyl groups is 1. The predicted octanol–water partition coefficient (Wildman–Crippen LogP) is -0.540. The minimum absolute atomic E-state index is 0.159. The van der Waals surface area contributed by atoms with Crippen LogP contribution in [0.2, 0.25) is 0 Å². The van der Waals surface area contributed by atoms with E-state index in [2.05, 4.69) is 16.7 Å². The smallest absolute Gasteiger partial charge is 0.306 e. The summed E-state index contributed by atoms with van der Waals surface area (Å²) in [6.45, 7) is 7.53. The van der Waals surface area contributed by atoms with E-state index in [0.29, 0.717) is 6.54 Å². The maximum atomic E-state index is 10.4. The standard InChI is InChI=1S/C10H20N2O3/c1-2-11-3-5-12(6-4-11)8-9(13)7-10(14)15/h9,13H,2-8H2,1H3,(H,14,15). The number of aliphatic hydroxyl groups excluding tert-OH is 1. The van der Waals surface area contributed by atoms with Crippen LogP contribution in [0.3, 0.4) is 0 Å². The lowest BCUT2D eigenvalue weighted by Crippen LogP contribution is -2.48. The number of piperazine rings is 1. The van der Waals surface area contributed by atoms with Gasteiger partial charge in [0.2, 0.25) is 0 Å². The van der Waals surface area contributed by atoms with E-state index >= 15 is 0 Å². The Morgan fingerprint density at radius 2 is 1.80 bits per heavy atom. The molecule has 0 amide bonds. The third kappa shape index (κ3) is 4.59. The molecule has 1 aliphatic heterocycles. The largest absolute Gasteiger partial charge is 0.481 e. The van der Waals surface area contributed by atoms with Gasteiger partial charge in [-0.15, -0.1) is 0 Å². The summed E-state index contributed by atoms with van der Waals surface area (Å²) in [7, 11) is 0. The summed E-state index contributed by atoms with van der Waals surface area (Å²) < 4.78 is 0. The number of hydrogen-bond acceptors (Lipinski definition) is 4. The van der Waals surface area contributed by atoms with Crippen LogP contribution in [0.5, 0.6) is 0 Å². The van der Waals surface area contributed by atoms with Gasteiger partial charge in [-0.2, -0.15) is 0 Å². The van der Waals surface area contributed by atoms with Crippen LogP contribution in [-0.2, 0) is 4.79 Å². The number of aliphatic carboxylic acids is 1. The maximum absolute atomic E-state index is 10.4. The van der Waals surface area contributed by atoms with E-state index < -0.39 is 12.1 Å². The van der Waals surface area contributed by atoms with Crippen LogP contribution in [0.1, 0.15) is 13.3 Å². The predicted molar refractivity (Wildman–Crippen MR) is 56.8 cm³/mol. The first kappa shape index (κ1) is 12.4. The zero-order valence-corrected chi connectivity index (χ0v) is 9.22. The molecule has 0 saturated carbocycles. The molecule has 0 aromatic carbocycles. The van der Waals surface area contributed by atoms with Crippen molar-refractivity contribution in [3.8, 4) is 0 Å². The number of carboxylic acids is 1. The first-order valence-electron chi connectivity index (χ1n) is 5.46. The van der Waals surface area contributed by atoms with Crippen LogP contribution >= 0.6 is 0 Å². The normalized spacial score (nSPS) is 21.5. The monoisotopic (exact) mass is 216 g/mol. The van der Waals surface area contributed by atoms with Gasteiger partial charge < -0.3 is 15.1 Å². The highest BCUT2D eigenvalue weighted by Gasteiger charge is 2.19. The number of rotatable bonds is 5. The molecule has 5 nitrogen and oxygen atoms in total. The molecule has 1 aliphatic rings. The SMILES string of the molecule is CCN1CCN(CC(O)CC(=O)O)CC1. The number of likely N-dealkylation sites (N-methyl/N-ethyl adjacent to an activating group) is 1. The van der Waals surface area contributed by atoms with Crippen molar-refractivity contribution < 1.29 is 15.0 Å². The van der Waals surface area contributed by atoms with E-state index in [1.807, 2.05) is 0 Å². The first-order chi connectivity index (χ1) is 7.11. The molecule has 0 aromatic heterocycles. The molecule has 2 N–H and O–H groups in total. The van der Waals surface area contributed by atoms with Gasteiger partial charge in [0.05, 0.1) is 12.5 Å². The Bertz CT molecular complexity index is 203. The fourth-order valence-electron chi connectivity index (χ4n) is 1.85. The highest BCUT2D eigenvalue weighted by Crippen LogP contribution is 2.03. The molecule has 1 unspecified atom stereocenters. The molecular weight excluding hydrogens is 196 g/mol. The van der Waals surface area contributed by atoms with Crippen LogP contribution < -0.4 is 0 Å². The Morgan fingerprint density at radius 1 is 1.27 bits per heavy atom. The van der Waals surface area contributed by atoms with Gasteiger partial charge in [-0.05, 0) is 6.54 Å². The third-order valence-electron chi connectivity index (χ3n) is 2.79. The molecule has 1 rings (SSSR count). The van der Waals surface area contributed by atoms with Gasteiger partial charge in [-0.1, -0.05) is 6.92 Å². The molecule has 0 radical (unpaired) electrons. The minimum atomic E-state index is -0.935. The lowest BCUT2D eigenvalue weighted by atomic mass is 10.2. The van der Waals surface area contributed by atoms with E-state index in [4.69, 9.17) is 5.11 Å². The van der Waals surface area contributed by atoms with Crippen molar-refractivity contribution in [1.29, 1.82) is 0 Å². The number of carboxylic acid groups (broad SMARTS) is 1. The van der Waals surface area contributed by atoms with E-state index in [9.17, 15) is 9.90 Å². The number of hydrogen-bond donors (Lipinski definition) is 2. The van der Waals surface area contributed by atoms with Crippen molar-refractivity contribution in [2.24, 2.45) is 0 Å². The molecule has 15 heavy (non-hydrogen) atoms. The second kappa shape index (κ2) is 6.05. The van der Waals surface area contributed by atoms with Crippen molar-refractivity contribution in [2.45, 2.75) is 19.4 Å². The van der Waals surface area contributed by atoms with Crippen LogP contribution in [0.25, 0.3) is 0 Å². The van der Waals surface area contributed by atoms with E-state index in [0.717, 1.165) is 32.7 Å². The maximum Gasteiger partial charge on any atom is 0.306 e. The zero-order valence-electron chi connectivity index (χ0n) is 9.22. The van der Waals surface area contributed by atoms with Gasteiger partial charge in [0.1, 0.15) is 0 Å². The summed E-state index contributed by atoms with van der Waals surface area (Å²) in [6.07, 6.45) is -0.899. The van der Waals surface area contributed by atoms with E-state index in [1.165, 1.54) is 0 Å². The third-order valence-corrected chi connectivity index (χ3v) is 2.79. The van der Waals surface area contributed by atoms with E-state index in [-0.39, 0.29) is 6.42 Å². The van der Waals surface area contributed by atoms with Crippen molar-refractivity contribution >= 4 is 5.97 Å². The fourth-order valence-corrected chi connectivity index (χ4v) is 1.85. The summed E-state index contributed by atoms with van der Waals surface area (Å²) in [6, 6.07) is 0. The molecular formula is C10H20N2O3. The summed E-state index contributed by atoms with van der Waals surface area (Å²) in [5, 5.41) is 18.0. The Hall–Kier alpha value is -0.650. The highest BCUT2D eigenvalue weighted by molar-refractivity contribution is 5.67. The molecule has 1 saturated heterocycles. The highest BCUT2D eigenvalue weighted by atomic mass is 16.4. The van der Waals surface area contributed by atoms with Crippen LogP contribution in [0.15, 0.2) is 0 Å². The molecule has 5 heteroatoms. The average molecular weight is 216 g/mol. The van der Waals surface area contributed by atoms with Gasteiger partial charge in [-0.3, -0.25) is 9.69 Å². The number of carbonyl (C=O) groups is 1. The van der Waals surface area contributed by atoms with Crippen molar-refractivity contribution in [2.75, 3.05) is 39.3 Å². The van der Waals surface area contributed by atoms with Crippen molar-refractivity contribution in [1.82, 2.24) is 9.80 Å². The second-order valence-electron chi connectivity index (χ2n) is 3.99. The Kier molecular flexibility index (Phi) is 5.01. The van der Waals surface area contributed by atoms with E-state index in [1.54, 1.807) is 0 Å². The summed E-state index contributed by atoms with van der Waals surface area (Å²) in [5.41, 5.74) is 0. The molecule has 1 fully saturated rings. The Balaban J connectivity index is 2.20. The summed E-state index contributed by atoms with van der Waals surface area (Å²) in [5.74, 6) is -0.935. The molecule has 0 aliphatic carbocycles. The topological polar surface area (TPSA) is 64.0 Å². The first-order valence-corrected chi connectivity index (χ1v) is 5.46. The van der Waals surface area contributed by atoms with Crippen LogP contribution in [0, 0.1) is 0 Å². The molecule has 1 heterocycles. The van der Waals surface area contributed by atoms with Gasteiger partial charge in [-0.25, -0.2) is 0 Å². The number of nitrogens with zero attached hydrogens (tertiary/aromatic N) is 2. The second-order valence-corrected chi connectivity index (χ2v) is 3.99. The van der Waals surface area contributed by atoms with Gasteiger partial charge in [0.25, 0.3) is 0 Å². The molecule has 1 atom stereocenters. The quantitative estimate of drug-likeness (QED) is 0.646. The van der Waals surface area contributed by atoms with Gasteiger partial charge in [0, 0.05) is 32.7 Å². The Labute approximate surface area is 90.3 Å². The Morgan fingerprint density at radius 3 is 2.27 bits per heavy atom. The van der Waals surface area contributed by atoms with Crippen LogP contribution in [0.4, 0.5) is 0 Å². The molecule has 0 bridgehead atoms. The van der Waals surface area contributed by atoms with Crippen LogP contribution in [-0.4, -0.2) is 71.4 Å². The fraction of sp³-hybridized carbons (Fsp3) is 0.900. The lowest BCUT2D eigenvalue weighted by molar-refractivity contribution is -0.139. The van der Waals surface area contributed by atoms with Crippen molar-refractivity contribution in [3.05, 3.63) is 0 Å². The lowest BCUT2D eigenvalue weighted by Gasteiger charge is -2.34. The van der Waals surface area contributed by atoms with Gasteiger partial charge in [0.15, 0.2) is 0 Å². The van der Waals surface area contributed by atoms with Gasteiger partial charge >= 0.3 is 5.97 Å². The minimum Gasteiger partial charge on any atom is -0.481 e. The zero-order chi connectivity index (χ0) is 11.3.